The third-order valence-corrected chi connectivity index (χ3v) is 2.97. The van der Waals surface area contributed by atoms with E-state index in [1.54, 1.807) is 10.9 Å². The van der Waals surface area contributed by atoms with Gasteiger partial charge in [0.15, 0.2) is 0 Å². The van der Waals surface area contributed by atoms with Crippen LogP contribution in [0, 0.1) is 6.92 Å². The van der Waals surface area contributed by atoms with Crippen LogP contribution in [0.1, 0.15) is 29.8 Å². The van der Waals surface area contributed by atoms with Gasteiger partial charge in [-0.1, -0.05) is 35.0 Å². The van der Waals surface area contributed by atoms with E-state index in [1.165, 1.54) is 11.1 Å². The van der Waals surface area contributed by atoms with Crippen molar-refractivity contribution in [2.24, 2.45) is 7.05 Å². The first-order valence-corrected chi connectivity index (χ1v) is 5.80. The van der Waals surface area contributed by atoms with E-state index in [4.69, 9.17) is 0 Å². The third kappa shape index (κ3) is 2.91. The fourth-order valence-electron chi connectivity index (χ4n) is 1.70. The van der Waals surface area contributed by atoms with E-state index in [0.717, 1.165) is 12.2 Å². The van der Waals surface area contributed by atoms with Gasteiger partial charge in [0.05, 0.1) is 11.9 Å². The lowest BCUT2D eigenvalue weighted by Crippen LogP contribution is -2.19. The second-order valence-corrected chi connectivity index (χ2v) is 4.36. The summed E-state index contributed by atoms with van der Waals surface area (Å²) in [5.74, 6) is 0. The van der Waals surface area contributed by atoms with Gasteiger partial charge in [-0.3, -0.25) is 4.68 Å². The van der Waals surface area contributed by atoms with E-state index in [2.05, 4.69) is 53.7 Å². The molecule has 1 aromatic heterocycles. The first-order chi connectivity index (χ1) is 8.16. The molecule has 90 valence electrons. The van der Waals surface area contributed by atoms with Gasteiger partial charge >= 0.3 is 0 Å². The minimum atomic E-state index is 0.325. The molecule has 4 heteroatoms. The van der Waals surface area contributed by atoms with Crippen molar-refractivity contribution in [1.82, 2.24) is 20.3 Å². The van der Waals surface area contributed by atoms with Crippen molar-refractivity contribution in [3.8, 4) is 0 Å². The van der Waals surface area contributed by atoms with E-state index >= 15 is 0 Å². The highest BCUT2D eigenvalue weighted by Gasteiger charge is 2.06. The summed E-state index contributed by atoms with van der Waals surface area (Å²) in [4.78, 5) is 0. The molecular weight excluding hydrogens is 212 g/mol. The number of aromatic nitrogens is 3. The van der Waals surface area contributed by atoms with Crippen molar-refractivity contribution in [2.75, 3.05) is 0 Å². The number of benzene rings is 1. The molecule has 0 saturated heterocycles. The Bertz CT molecular complexity index is 472. The normalized spacial score (nSPS) is 12.6. The first-order valence-electron chi connectivity index (χ1n) is 5.80. The molecule has 0 spiro atoms. The average molecular weight is 230 g/mol. The van der Waals surface area contributed by atoms with Crippen molar-refractivity contribution in [3.05, 3.63) is 47.3 Å². The Hall–Kier alpha value is -1.68. The number of hydrogen-bond acceptors (Lipinski definition) is 3. The molecule has 0 aliphatic heterocycles. The van der Waals surface area contributed by atoms with E-state index in [9.17, 15) is 0 Å². The van der Waals surface area contributed by atoms with Crippen LogP contribution in [0.5, 0.6) is 0 Å². The minimum Gasteiger partial charge on any atom is -0.305 e. The summed E-state index contributed by atoms with van der Waals surface area (Å²) in [7, 11) is 1.90. The van der Waals surface area contributed by atoms with Gasteiger partial charge in [-0.2, -0.15) is 0 Å². The molecule has 0 saturated carbocycles. The van der Waals surface area contributed by atoms with Crippen LogP contribution in [0.4, 0.5) is 0 Å². The molecule has 0 aliphatic carbocycles. The maximum atomic E-state index is 3.91. The Labute approximate surface area is 102 Å². The maximum Gasteiger partial charge on any atom is 0.0738 e. The molecular formula is C13H18N4. The fraction of sp³-hybridized carbons (Fsp3) is 0.385. The topological polar surface area (TPSA) is 42.7 Å². The zero-order chi connectivity index (χ0) is 12.3. The molecule has 0 unspecified atom stereocenters. The van der Waals surface area contributed by atoms with Crippen LogP contribution < -0.4 is 5.32 Å². The third-order valence-electron chi connectivity index (χ3n) is 2.97. The number of rotatable bonds is 4. The highest BCUT2D eigenvalue weighted by molar-refractivity contribution is 5.23. The van der Waals surface area contributed by atoms with Crippen molar-refractivity contribution >= 4 is 0 Å². The summed E-state index contributed by atoms with van der Waals surface area (Å²) in [6, 6.07) is 8.92. The van der Waals surface area contributed by atoms with E-state index in [0.29, 0.717) is 6.04 Å². The molecule has 1 aromatic carbocycles. The van der Waals surface area contributed by atoms with Gasteiger partial charge in [-0.05, 0) is 19.4 Å². The summed E-state index contributed by atoms with van der Waals surface area (Å²) in [5, 5.41) is 11.2. The first kappa shape index (κ1) is 11.8. The second-order valence-electron chi connectivity index (χ2n) is 4.36. The van der Waals surface area contributed by atoms with Crippen molar-refractivity contribution in [2.45, 2.75) is 26.4 Å². The molecule has 0 fully saturated rings. The largest absolute Gasteiger partial charge is 0.305 e. The molecule has 0 radical (unpaired) electrons. The predicted molar refractivity (Wildman–Crippen MR) is 67.4 cm³/mol. The number of hydrogen-bond donors (Lipinski definition) is 1. The number of nitrogens with one attached hydrogen (secondary N) is 1. The van der Waals surface area contributed by atoms with Crippen LogP contribution >= 0.6 is 0 Å². The Balaban J connectivity index is 1.95. The van der Waals surface area contributed by atoms with Crippen molar-refractivity contribution in [1.29, 1.82) is 0 Å². The molecule has 1 N–H and O–H groups in total. The Morgan fingerprint density at radius 2 is 2.00 bits per heavy atom. The van der Waals surface area contributed by atoms with Gasteiger partial charge in [-0.15, -0.1) is 5.10 Å². The van der Waals surface area contributed by atoms with Gasteiger partial charge < -0.3 is 5.32 Å². The molecule has 0 aliphatic rings. The maximum absolute atomic E-state index is 3.91. The van der Waals surface area contributed by atoms with Crippen molar-refractivity contribution in [3.63, 3.8) is 0 Å². The average Bonchev–Trinajstić information content (AvgIpc) is 2.73. The molecule has 1 atom stereocenters. The number of aryl methyl sites for hydroxylation is 2. The van der Waals surface area contributed by atoms with E-state index in [-0.39, 0.29) is 0 Å². The summed E-state index contributed by atoms with van der Waals surface area (Å²) < 4.78 is 1.79. The Morgan fingerprint density at radius 3 is 2.59 bits per heavy atom. The molecule has 1 heterocycles. The van der Waals surface area contributed by atoms with E-state index in [1.807, 2.05) is 7.05 Å². The zero-order valence-electron chi connectivity index (χ0n) is 10.5. The second kappa shape index (κ2) is 5.10. The quantitative estimate of drug-likeness (QED) is 0.873. The highest BCUT2D eigenvalue weighted by Crippen LogP contribution is 2.13. The Morgan fingerprint density at radius 1 is 1.29 bits per heavy atom. The lowest BCUT2D eigenvalue weighted by atomic mass is 10.1. The van der Waals surface area contributed by atoms with Crippen LogP contribution in [-0.4, -0.2) is 15.0 Å². The molecule has 0 bridgehead atoms. The highest BCUT2D eigenvalue weighted by atomic mass is 15.4. The molecule has 0 amide bonds. The summed E-state index contributed by atoms with van der Waals surface area (Å²) in [6.07, 6.45) is 1.79. The van der Waals surface area contributed by atoms with Crippen LogP contribution in [0.15, 0.2) is 30.5 Å². The van der Waals surface area contributed by atoms with Crippen molar-refractivity contribution < 1.29 is 0 Å². The van der Waals surface area contributed by atoms with Gasteiger partial charge in [0, 0.05) is 19.6 Å². The minimum absolute atomic E-state index is 0.325. The molecule has 17 heavy (non-hydrogen) atoms. The van der Waals surface area contributed by atoms with Gasteiger partial charge in [0.25, 0.3) is 0 Å². The monoisotopic (exact) mass is 230 g/mol. The predicted octanol–water partition coefficient (Wildman–Crippen LogP) is 1.97. The zero-order valence-corrected chi connectivity index (χ0v) is 10.5. The summed E-state index contributed by atoms with van der Waals surface area (Å²) >= 11 is 0. The Kier molecular flexibility index (Phi) is 3.54. The standard InChI is InChI=1S/C13H18N4/c1-10-4-6-12(7-5-10)11(2)14-8-13-9-15-16-17(13)3/h4-7,9,11,14H,8H2,1-3H3/t11-/m1/s1. The van der Waals surface area contributed by atoms with Gasteiger partial charge in [0.2, 0.25) is 0 Å². The van der Waals surface area contributed by atoms with Gasteiger partial charge in [-0.25, -0.2) is 0 Å². The van der Waals surface area contributed by atoms with E-state index < -0.39 is 0 Å². The van der Waals surface area contributed by atoms with Crippen LogP contribution in [0.3, 0.4) is 0 Å². The number of nitrogens with zero attached hydrogens (tertiary/aromatic N) is 3. The molecule has 2 aromatic rings. The van der Waals surface area contributed by atoms with Crippen LogP contribution in [-0.2, 0) is 13.6 Å². The van der Waals surface area contributed by atoms with Crippen LogP contribution in [0.2, 0.25) is 0 Å². The lowest BCUT2D eigenvalue weighted by Gasteiger charge is -2.14. The lowest BCUT2D eigenvalue weighted by molar-refractivity contribution is 0.546. The molecule has 2 rings (SSSR count). The summed E-state index contributed by atoms with van der Waals surface area (Å²) in [6.45, 7) is 5.04. The molecule has 4 nitrogen and oxygen atoms in total. The SMILES string of the molecule is Cc1ccc([C@@H](C)NCc2cnnn2C)cc1. The summed E-state index contributed by atoms with van der Waals surface area (Å²) in [5.41, 5.74) is 3.67. The van der Waals surface area contributed by atoms with Crippen LogP contribution in [0.25, 0.3) is 0 Å². The smallest absolute Gasteiger partial charge is 0.0738 e. The fourth-order valence-corrected chi connectivity index (χ4v) is 1.70. The van der Waals surface area contributed by atoms with Gasteiger partial charge in [0.1, 0.15) is 0 Å².